The van der Waals surface area contributed by atoms with Crippen LogP contribution in [0.4, 0.5) is 0 Å². The topological polar surface area (TPSA) is 73.8 Å². The first kappa shape index (κ1) is 30.6. The zero-order valence-electron chi connectivity index (χ0n) is 19.1. The summed E-state index contributed by atoms with van der Waals surface area (Å²) in [6, 6.07) is 0. The molecule has 0 aliphatic heterocycles. The van der Waals surface area contributed by atoms with Gasteiger partial charge >= 0.3 is 0 Å². The second-order valence-electron chi connectivity index (χ2n) is 6.43. The van der Waals surface area contributed by atoms with E-state index in [0.717, 1.165) is 25.3 Å². The smallest absolute Gasteiger partial charge is 0.111 e. The molecule has 0 aromatic heterocycles. The van der Waals surface area contributed by atoms with Gasteiger partial charge in [-0.05, 0) is 12.8 Å². The molecule has 0 radical (unpaired) electrons. The Labute approximate surface area is 193 Å². The zero-order valence-corrected chi connectivity index (χ0v) is 19.8. The van der Waals surface area contributed by atoms with Gasteiger partial charge in [0, 0.05) is 12.5 Å². The lowest BCUT2D eigenvalue weighted by Gasteiger charge is -2.08. The molecule has 8 nitrogen and oxygen atoms in total. The minimum absolute atomic E-state index is 0.511. The molecule has 0 fully saturated rings. The quantitative estimate of drug-likeness (QED) is 0.0981. The molecule has 0 atom stereocenters. The van der Waals surface area contributed by atoms with Crippen LogP contribution in [0, 0.1) is 0 Å². The molecule has 0 bridgehead atoms. The van der Waals surface area contributed by atoms with Crippen molar-refractivity contribution in [3.63, 3.8) is 0 Å². The zero-order chi connectivity index (χ0) is 22.5. The van der Waals surface area contributed by atoms with Crippen LogP contribution in [0.1, 0.15) is 25.7 Å². The highest BCUT2D eigenvalue weighted by Gasteiger charge is 1.95. The SMILES string of the molecule is C=COCCOCCOCCOCCOCCOCCOCCOCCCCCCCl. The summed E-state index contributed by atoms with van der Waals surface area (Å²) in [4.78, 5) is 0. The molecule has 0 rings (SSSR count). The van der Waals surface area contributed by atoms with Crippen molar-refractivity contribution in [1.82, 2.24) is 0 Å². The molecule has 0 heterocycles. The van der Waals surface area contributed by atoms with Crippen molar-refractivity contribution in [1.29, 1.82) is 0 Å². The summed E-state index contributed by atoms with van der Waals surface area (Å²) in [5.74, 6) is 0.749. The Morgan fingerprint density at radius 1 is 0.419 bits per heavy atom. The van der Waals surface area contributed by atoms with E-state index in [0.29, 0.717) is 92.5 Å². The van der Waals surface area contributed by atoms with Gasteiger partial charge in [-0.15, -0.1) is 11.6 Å². The summed E-state index contributed by atoms with van der Waals surface area (Å²) in [6.07, 6.45) is 5.92. The van der Waals surface area contributed by atoms with Crippen molar-refractivity contribution in [2.24, 2.45) is 0 Å². The van der Waals surface area contributed by atoms with E-state index in [2.05, 4.69) is 6.58 Å². The van der Waals surface area contributed by atoms with E-state index in [4.69, 9.17) is 49.5 Å². The second-order valence-corrected chi connectivity index (χ2v) is 6.81. The van der Waals surface area contributed by atoms with E-state index in [-0.39, 0.29) is 0 Å². The van der Waals surface area contributed by atoms with E-state index in [1.54, 1.807) is 0 Å². The van der Waals surface area contributed by atoms with Crippen LogP contribution in [-0.4, -0.2) is 105 Å². The number of halogens is 1. The maximum Gasteiger partial charge on any atom is 0.111 e. The predicted octanol–water partition coefficient (Wildman–Crippen LogP) is 3.06. The average molecular weight is 471 g/mol. The van der Waals surface area contributed by atoms with E-state index >= 15 is 0 Å². The molecule has 9 heteroatoms. The van der Waals surface area contributed by atoms with E-state index in [9.17, 15) is 0 Å². The number of alkyl halides is 1. The van der Waals surface area contributed by atoms with Crippen LogP contribution in [0.25, 0.3) is 0 Å². The highest BCUT2D eigenvalue weighted by molar-refractivity contribution is 6.17. The van der Waals surface area contributed by atoms with Gasteiger partial charge < -0.3 is 37.9 Å². The maximum atomic E-state index is 5.63. The minimum Gasteiger partial charge on any atom is -0.499 e. The summed E-state index contributed by atoms with van der Waals surface area (Å²) in [5.41, 5.74) is 0. The number of ether oxygens (including phenoxy) is 8. The van der Waals surface area contributed by atoms with Crippen molar-refractivity contribution in [2.45, 2.75) is 25.7 Å². The third-order valence-electron chi connectivity index (χ3n) is 3.87. The van der Waals surface area contributed by atoms with Crippen LogP contribution in [0.3, 0.4) is 0 Å². The summed E-state index contributed by atoms with van der Waals surface area (Å²) in [6.45, 7) is 11.9. The lowest BCUT2D eigenvalue weighted by atomic mass is 10.2. The van der Waals surface area contributed by atoms with Crippen molar-refractivity contribution < 1.29 is 37.9 Å². The monoisotopic (exact) mass is 470 g/mol. The molecule has 0 aromatic rings. The van der Waals surface area contributed by atoms with Gasteiger partial charge in [-0.25, -0.2) is 0 Å². The Morgan fingerprint density at radius 2 is 0.742 bits per heavy atom. The van der Waals surface area contributed by atoms with Gasteiger partial charge in [0.15, 0.2) is 0 Å². The number of unbranched alkanes of at least 4 members (excludes halogenated alkanes) is 3. The third kappa shape index (κ3) is 29.6. The molecule has 186 valence electrons. The first-order valence-electron chi connectivity index (χ1n) is 11.2. The predicted molar refractivity (Wildman–Crippen MR) is 121 cm³/mol. The molecular formula is C22H43ClO8. The molecule has 0 spiro atoms. The molecule has 0 N–H and O–H groups in total. The van der Waals surface area contributed by atoms with Gasteiger partial charge in [-0.2, -0.15) is 0 Å². The number of rotatable bonds is 28. The first-order valence-corrected chi connectivity index (χ1v) is 11.8. The molecule has 0 aliphatic rings. The summed E-state index contributed by atoms with van der Waals surface area (Å²) in [5, 5.41) is 0. The van der Waals surface area contributed by atoms with Gasteiger partial charge in [-0.3, -0.25) is 0 Å². The number of hydrogen-bond donors (Lipinski definition) is 0. The van der Waals surface area contributed by atoms with Gasteiger partial charge in [0.2, 0.25) is 0 Å². The molecule has 0 saturated carbocycles. The normalized spacial score (nSPS) is 11.1. The van der Waals surface area contributed by atoms with Crippen LogP contribution < -0.4 is 0 Å². The molecule has 0 amide bonds. The third-order valence-corrected chi connectivity index (χ3v) is 4.13. The number of hydrogen-bond acceptors (Lipinski definition) is 8. The Bertz CT molecular complexity index is 337. The average Bonchev–Trinajstić information content (AvgIpc) is 2.78. The van der Waals surface area contributed by atoms with Gasteiger partial charge in [-0.1, -0.05) is 19.4 Å². The summed E-state index contributed by atoms with van der Waals surface area (Å²) >= 11 is 5.63. The fourth-order valence-corrected chi connectivity index (χ4v) is 2.45. The second kappa shape index (κ2) is 29.5. The van der Waals surface area contributed by atoms with Crippen LogP contribution >= 0.6 is 11.6 Å². The Balaban J connectivity index is 2.98. The van der Waals surface area contributed by atoms with Crippen LogP contribution in [0.5, 0.6) is 0 Å². The van der Waals surface area contributed by atoms with Gasteiger partial charge in [0.05, 0.1) is 92.2 Å². The first-order chi connectivity index (χ1) is 15.4. The van der Waals surface area contributed by atoms with Gasteiger partial charge in [0.25, 0.3) is 0 Å². The molecule has 0 aromatic carbocycles. The van der Waals surface area contributed by atoms with E-state index in [1.807, 2.05) is 0 Å². The fraction of sp³-hybridized carbons (Fsp3) is 0.909. The van der Waals surface area contributed by atoms with Crippen molar-refractivity contribution in [2.75, 3.05) is 105 Å². The summed E-state index contributed by atoms with van der Waals surface area (Å²) in [7, 11) is 0. The van der Waals surface area contributed by atoms with Crippen LogP contribution in [0.15, 0.2) is 12.8 Å². The largest absolute Gasteiger partial charge is 0.499 e. The standard InChI is InChI=1S/C22H43ClO8/c1-2-24-9-10-26-13-14-28-17-18-30-21-22-31-20-19-29-16-15-27-12-11-25-8-6-4-3-5-7-23/h2H,1,3-22H2. The van der Waals surface area contributed by atoms with Gasteiger partial charge in [0.1, 0.15) is 6.61 Å². The van der Waals surface area contributed by atoms with E-state index in [1.165, 1.54) is 19.1 Å². The lowest BCUT2D eigenvalue weighted by Crippen LogP contribution is -2.14. The minimum atomic E-state index is 0.511. The maximum absolute atomic E-state index is 5.63. The molecular weight excluding hydrogens is 428 g/mol. The van der Waals surface area contributed by atoms with Crippen LogP contribution in [0.2, 0.25) is 0 Å². The van der Waals surface area contributed by atoms with Crippen molar-refractivity contribution >= 4 is 11.6 Å². The van der Waals surface area contributed by atoms with Crippen molar-refractivity contribution in [3.8, 4) is 0 Å². The van der Waals surface area contributed by atoms with Crippen molar-refractivity contribution in [3.05, 3.63) is 12.8 Å². The highest BCUT2D eigenvalue weighted by Crippen LogP contribution is 2.01. The lowest BCUT2D eigenvalue weighted by molar-refractivity contribution is -0.0217. The summed E-state index contributed by atoms with van der Waals surface area (Å²) < 4.78 is 42.9. The fourth-order valence-electron chi connectivity index (χ4n) is 2.26. The molecule has 0 unspecified atom stereocenters. The van der Waals surface area contributed by atoms with E-state index < -0.39 is 0 Å². The highest BCUT2D eigenvalue weighted by atomic mass is 35.5. The molecule has 0 aliphatic carbocycles. The Hall–Kier alpha value is -0.450. The Kier molecular flexibility index (Phi) is 29.1. The Morgan fingerprint density at radius 3 is 1.10 bits per heavy atom. The molecule has 0 saturated heterocycles. The van der Waals surface area contributed by atoms with Crippen LogP contribution in [-0.2, 0) is 37.9 Å². The molecule has 31 heavy (non-hydrogen) atoms.